The highest BCUT2D eigenvalue weighted by Crippen LogP contribution is 2.60. The van der Waals surface area contributed by atoms with Gasteiger partial charge in [0.1, 0.15) is 11.9 Å². The molecular weight excluding hydrogens is 386 g/mol. The Hall–Kier alpha value is -1.27. The molecule has 5 nitrogen and oxygen atoms in total. The molecule has 1 aromatic carbocycles. The first-order valence-corrected chi connectivity index (χ1v) is 8.79. The smallest absolute Gasteiger partial charge is 0.310 e. The highest BCUT2D eigenvalue weighted by molar-refractivity contribution is 9.09. The molecule has 7 heteroatoms. The largest absolute Gasteiger partial charge is 0.495 e. The van der Waals surface area contributed by atoms with Gasteiger partial charge in [-0.3, -0.25) is 9.59 Å². The van der Waals surface area contributed by atoms with Crippen molar-refractivity contribution >= 4 is 45.1 Å². The van der Waals surface area contributed by atoms with E-state index in [1.165, 1.54) is 7.11 Å². The molecule has 2 bridgehead atoms. The van der Waals surface area contributed by atoms with E-state index in [4.69, 9.17) is 21.1 Å². The van der Waals surface area contributed by atoms with Gasteiger partial charge in [0.25, 0.3) is 0 Å². The number of alkyl halides is 1. The maximum Gasteiger partial charge on any atom is 0.310 e. The first kappa shape index (κ1) is 15.3. The van der Waals surface area contributed by atoms with Gasteiger partial charge in [0.05, 0.1) is 29.5 Å². The van der Waals surface area contributed by atoms with Crippen LogP contribution in [0.4, 0.5) is 5.69 Å². The summed E-state index contributed by atoms with van der Waals surface area (Å²) in [6, 6.07) is 5.04. The van der Waals surface area contributed by atoms with Gasteiger partial charge in [-0.05, 0) is 30.5 Å². The number of methoxy groups -OCH3 is 1. The predicted octanol–water partition coefficient (Wildman–Crippen LogP) is 2.86. The lowest BCUT2D eigenvalue weighted by Gasteiger charge is -2.27. The fourth-order valence-electron chi connectivity index (χ4n) is 4.32. The summed E-state index contributed by atoms with van der Waals surface area (Å²) in [6.07, 6.45) is 0.768. The molecule has 0 spiro atoms. The van der Waals surface area contributed by atoms with Gasteiger partial charge in [-0.25, -0.2) is 0 Å². The molecule has 2 saturated carbocycles. The average molecular weight is 401 g/mol. The van der Waals surface area contributed by atoms with Gasteiger partial charge in [-0.15, -0.1) is 0 Å². The van der Waals surface area contributed by atoms with Crippen molar-refractivity contribution in [3.05, 3.63) is 23.2 Å². The third-order valence-corrected chi connectivity index (χ3v) is 6.68. The van der Waals surface area contributed by atoms with Crippen molar-refractivity contribution in [2.24, 2.45) is 23.7 Å². The Labute approximate surface area is 146 Å². The Balaban J connectivity index is 1.61. The summed E-state index contributed by atoms with van der Waals surface area (Å²) >= 11 is 9.61. The van der Waals surface area contributed by atoms with Crippen molar-refractivity contribution in [2.45, 2.75) is 17.4 Å². The molecule has 122 valence electrons. The molecule has 3 aliphatic rings. The van der Waals surface area contributed by atoms with Crippen LogP contribution in [0.25, 0.3) is 0 Å². The third kappa shape index (κ3) is 2.18. The number of hydrogen-bond donors (Lipinski definition) is 1. The number of hydrogen-bond acceptors (Lipinski definition) is 4. The number of halogens is 2. The van der Waals surface area contributed by atoms with Crippen molar-refractivity contribution in [1.29, 1.82) is 0 Å². The molecule has 4 rings (SSSR count). The molecule has 0 aromatic heterocycles. The number of carbonyl (C=O) groups excluding carboxylic acids is 2. The number of nitrogens with one attached hydrogen (secondary N) is 1. The standard InChI is InChI=1S/C16H15BrClNO4/c1-22-10-3-2-6(18)4-9(10)19-15(20)11-7-5-8-12(11)16(21)23-14(8)13(7)17/h2-4,7-8,11-14H,5H2,1H3,(H,19,20)/t7-,8-,11-,12-,13+,14+/m1/s1. The second-order valence-corrected chi connectivity index (χ2v) is 7.79. The normalized spacial score (nSPS) is 36.9. The van der Waals surface area contributed by atoms with Gasteiger partial charge < -0.3 is 14.8 Å². The molecule has 23 heavy (non-hydrogen) atoms. The Kier molecular flexibility index (Phi) is 3.57. The SMILES string of the molecule is COc1ccc(Cl)cc1NC(=O)[C@@H]1[C@H]2C[C@H]3[C@H](OC(=O)[C@H]31)[C@H]2Br. The Morgan fingerprint density at radius 1 is 1.43 bits per heavy atom. The van der Waals surface area contributed by atoms with Crippen LogP contribution >= 0.6 is 27.5 Å². The molecule has 6 atom stereocenters. The molecular formula is C16H15BrClNO4. The molecule has 3 fully saturated rings. The van der Waals surface area contributed by atoms with E-state index in [9.17, 15) is 9.59 Å². The lowest BCUT2D eigenvalue weighted by molar-refractivity contribution is -0.145. The number of rotatable bonds is 3. The molecule has 2 aliphatic carbocycles. The molecule has 0 radical (unpaired) electrons. The van der Waals surface area contributed by atoms with E-state index >= 15 is 0 Å². The van der Waals surface area contributed by atoms with E-state index in [1.54, 1.807) is 18.2 Å². The minimum Gasteiger partial charge on any atom is -0.495 e. The maximum absolute atomic E-state index is 12.8. The number of benzene rings is 1. The first-order valence-electron chi connectivity index (χ1n) is 7.50. The summed E-state index contributed by atoms with van der Waals surface area (Å²) in [6.45, 7) is 0. The highest BCUT2D eigenvalue weighted by atomic mass is 79.9. The van der Waals surface area contributed by atoms with Gasteiger partial charge in [-0.1, -0.05) is 27.5 Å². The van der Waals surface area contributed by atoms with Crippen molar-refractivity contribution < 1.29 is 19.1 Å². The number of fused-ring (bicyclic) bond motifs is 1. The van der Waals surface area contributed by atoms with E-state index in [1.807, 2.05) is 0 Å². The number of ether oxygens (including phenoxy) is 2. The van der Waals surface area contributed by atoms with E-state index in [2.05, 4.69) is 21.2 Å². The van der Waals surface area contributed by atoms with Crippen LogP contribution in [0.3, 0.4) is 0 Å². The van der Waals surface area contributed by atoms with Crippen LogP contribution < -0.4 is 10.1 Å². The zero-order valence-electron chi connectivity index (χ0n) is 12.3. The number of esters is 1. The monoisotopic (exact) mass is 399 g/mol. The quantitative estimate of drug-likeness (QED) is 0.626. The lowest BCUT2D eigenvalue weighted by atomic mass is 9.79. The van der Waals surface area contributed by atoms with E-state index in [-0.39, 0.29) is 46.5 Å². The van der Waals surface area contributed by atoms with Crippen LogP contribution in [0.15, 0.2) is 18.2 Å². The molecule has 1 saturated heterocycles. The zero-order valence-corrected chi connectivity index (χ0v) is 14.6. The maximum atomic E-state index is 12.8. The van der Waals surface area contributed by atoms with Crippen LogP contribution in [-0.2, 0) is 14.3 Å². The molecule has 1 aliphatic heterocycles. The third-order valence-electron chi connectivity index (χ3n) is 5.25. The molecule has 0 unspecified atom stereocenters. The van der Waals surface area contributed by atoms with Gasteiger partial charge in [-0.2, -0.15) is 0 Å². The summed E-state index contributed by atoms with van der Waals surface area (Å²) in [5.74, 6) is -0.329. The molecule has 1 amide bonds. The van der Waals surface area contributed by atoms with Crippen molar-refractivity contribution in [3.8, 4) is 5.75 Å². The summed E-state index contributed by atoms with van der Waals surface area (Å²) in [7, 11) is 1.53. The van der Waals surface area contributed by atoms with Gasteiger partial charge in [0.2, 0.25) is 5.91 Å². The summed E-state index contributed by atoms with van der Waals surface area (Å²) in [4.78, 5) is 25.0. The summed E-state index contributed by atoms with van der Waals surface area (Å²) in [5.41, 5.74) is 0.516. The number of amides is 1. The van der Waals surface area contributed by atoms with Crippen LogP contribution in [0.5, 0.6) is 5.75 Å². The van der Waals surface area contributed by atoms with Crippen molar-refractivity contribution in [3.63, 3.8) is 0 Å². The lowest BCUT2D eigenvalue weighted by Crippen LogP contribution is -2.40. The number of carbonyl (C=O) groups is 2. The minimum absolute atomic E-state index is 0.0483. The Morgan fingerprint density at radius 2 is 2.22 bits per heavy atom. The second kappa shape index (κ2) is 5.38. The van der Waals surface area contributed by atoms with Crippen LogP contribution in [0, 0.1) is 23.7 Å². The first-order chi connectivity index (χ1) is 11.0. The predicted molar refractivity (Wildman–Crippen MR) is 87.8 cm³/mol. The highest BCUT2D eigenvalue weighted by Gasteiger charge is 2.67. The van der Waals surface area contributed by atoms with Crippen molar-refractivity contribution in [2.75, 3.05) is 12.4 Å². The Morgan fingerprint density at radius 3 is 2.96 bits per heavy atom. The summed E-state index contributed by atoms with van der Waals surface area (Å²) in [5, 5.41) is 3.38. The van der Waals surface area contributed by atoms with E-state index < -0.39 is 0 Å². The fraction of sp³-hybridized carbons (Fsp3) is 0.500. The number of anilines is 1. The average Bonchev–Trinajstić information content (AvgIpc) is 3.11. The van der Waals surface area contributed by atoms with E-state index in [0.717, 1.165) is 6.42 Å². The second-order valence-electron chi connectivity index (χ2n) is 6.29. The van der Waals surface area contributed by atoms with Gasteiger partial charge in [0.15, 0.2) is 0 Å². The van der Waals surface area contributed by atoms with Crippen LogP contribution in [-0.4, -0.2) is 29.9 Å². The minimum atomic E-state index is -0.376. The molecule has 1 heterocycles. The van der Waals surface area contributed by atoms with Gasteiger partial charge in [0, 0.05) is 10.9 Å². The topological polar surface area (TPSA) is 64.6 Å². The van der Waals surface area contributed by atoms with Crippen molar-refractivity contribution in [1.82, 2.24) is 0 Å². The van der Waals surface area contributed by atoms with Crippen LogP contribution in [0.2, 0.25) is 5.02 Å². The van der Waals surface area contributed by atoms with Crippen LogP contribution in [0.1, 0.15) is 6.42 Å². The summed E-state index contributed by atoms with van der Waals surface area (Å²) < 4.78 is 10.7. The van der Waals surface area contributed by atoms with E-state index in [0.29, 0.717) is 16.5 Å². The molecule has 1 aromatic rings. The fourth-order valence-corrected chi connectivity index (χ4v) is 5.54. The Bertz CT molecular complexity index is 697. The molecule has 1 N–H and O–H groups in total. The zero-order chi connectivity index (χ0) is 16.3. The van der Waals surface area contributed by atoms with Gasteiger partial charge >= 0.3 is 5.97 Å².